The largest absolute Gasteiger partial charge is 0.457 e. The third-order valence-corrected chi connectivity index (χ3v) is 8.42. The van der Waals surface area contributed by atoms with Gasteiger partial charge >= 0.3 is 0 Å². The molecule has 0 aliphatic heterocycles. The van der Waals surface area contributed by atoms with Crippen molar-refractivity contribution < 1.29 is 21.6 Å². The van der Waals surface area contributed by atoms with E-state index in [0.717, 1.165) is 5.57 Å². The summed E-state index contributed by atoms with van der Waals surface area (Å²) in [5, 5.41) is 0. The minimum absolute atomic E-state index is 0.0238. The Balaban J connectivity index is 6.42. The molecule has 0 aliphatic rings. The van der Waals surface area contributed by atoms with Crippen molar-refractivity contribution >= 4 is 19.7 Å². The molecule has 7 heteroatoms. The first-order valence-corrected chi connectivity index (χ1v) is 13.8. The minimum Gasteiger partial charge on any atom is -0.457 e. The summed E-state index contributed by atoms with van der Waals surface area (Å²) in [4.78, 5) is -0.161. The molecule has 0 aromatic carbocycles. The third kappa shape index (κ3) is 9.56. The summed E-state index contributed by atoms with van der Waals surface area (Å²) >= 11 is 0. The van der Waals surface area contributed by atoms with Crippen LogP contribution < -0.4 is 0 Å². The van der Waals surface area contributed by atoms with Crippen molar-refractivity contribution in [2.75, 3.05) is 0 Å². The van der Waals surface area contributed by atoms with Gasteiger partial charge in [-0.25, -0.2) is 16.8 Å². The van der Waals surface area contributed by atoms with Gasteiger partial charge in [0.05, 0.1) is 19.6 Å². The van der Waals surface area contributed by atoms with Crippen LogP contribution in [0.4, 0.5) is 0 Å². The van der Waals surface area contributed by atoms with Crippen molar-refractivity contribution in [3.8, 4) is 0 Å². The molecule has 0 aromatic heterocycles. The summed E-state index contributed by atoms with van der Waals surface area (Å²) in [5.41, 5.74) is 0.776. The quantitative estimate of drug-likeness (QED) is 0.151. The van der Waals surface area contributed by atoms with Crippen molar-refractivity contribution in [2.24, 2.45) is 0 Å². The highest BCUT2D eigenvalue weighted by Gasteiger charge is 2.19. The summed E-state index contributed by atoms with van der Waals surface area (Å²) < 4.78 is 57.2. The first-order valence-electron chi connectivity index (χ1n) is 10.9. The van der Waals surface area contributed by atoms with Gasteiger partial charge in [-0.2, -0.15) is 0 Å². The zero-order valence-corrected chi connectivity index (χ0v) is 23.0. The van der Waals surface area contributed by atoms with Crippen molar-refractivity contribution in [3.05, 3.63) is 168 Å². The maximum Gasteiger partial charge on any atom is 0.206 e. The summed E-state index contributed by atoms with van der Waals surface area (Å²) in [6.07, 6.45) is 19.0. The molecule has 0 saturated heterocycles. The molecule has 0 spiro atoms. The Hall–Kier alpha value is -3.94. The number of sulfone groups is 2. The second-order valence-electron chi connectivity index (χ2n) is 6.98. The van der Waals surface area contributed by atoms with Crippen molar-refractivity contribution in [1.82, 2.24) is 0 Å². The van der Waals surface area contributed by atoms with E-state index in [0.29, 0.717) is 0 Å². The minimum atomic E-state index is -3.92. The zero-order valence-electron chi connectivity index (χ0n) is 21.4. The third-order valence-electron chi connectivity index (χ3n) is 4.62. The Morgan fingerprint density at radius 2 is 0.865 bits per heavy atom. The number of hydrogen-bond donors (Lipinski definition) is 0. The van der Waals surface area contributed by atoms with E-state index in [2.05, 4.69) is 46.1 Å². The Morgan fingerprint density at radius 3 is 1.16 bits per heavy atom. The molecule has 0 radical (unpaired) electrons. The van der Waals surface area contributed by atoms with Gasteiger partial charge < -0.3 is 4.74 Å². The van der Waals surface area contributed by atoms with Crippen LogP contribution in [0.3, 0.4) is 0 Å². The second kappa shape index (κ2) is 15.9. The van der Waals surface area contributed by atoms with Crippen molar-refractivity contribution in [2.45, 2.75) is 13.8 Å². The van der Waals surface area contributed by atoms with Crippen LogP contribution in [0.15, 0.2) is 168 Å². The first-order chi connectivity index (χ1) is 17.4. The Morgan fingerprint density at radius 1 is 0.514 bits per heavy atom. The molecule has 5 nitrogen and oxygen atoms in total. The lowest BCUT2D eigenvalue weighted by atomic mass is 10.3. The number of ether oxygens (including phenoxy) is 1. The van der Waals surface area contributed by atoms with Crippen LogP contribution >= 0.6 is 0 Å². The monoisotopic (exact) mass is 538 g/mol. The highest BCUT2D eigenvalue weighted by Crippen LogP contribution is 2.22. The van der Waals surface area contributed by atoms with Gasteiger partial charge in [-0.05, 0) is 56.4 Å². The van der Waals surface area contributed by atoms with Gasteiger partial charge in [-0.15, -0.1) is 0 Å². The molecule has 0 aromatic rings. The molecule has 0 aliphatic carbocycles. The molecule has 0 N–H and O–H groups in total. The van der Waals surface area contributed by atoms with Gasteiger partial charge in [0.15, 0.2) is 0 Å². The molecule has 196 valence electrons. The van der Waals surface area contributed by atoms with Crippen molar-refractivity contribution in [1.29, 1.82) is 0 Å². The lowest BCUT2D eigenvalue weighted by Crippen LogP contribution is -2.04. The van der Waals surface area contributed by atoms with E-state index in [9.17, 15) is 16.8 Å². The number of hydrogen-bond acceptors (Lipinski definition) is 5. The highest BCUT2D eigenvalue weighted by atomic mass is 32.2. The van der Waals surface area contributed by atoms with Crippen LogP contribution in [-0.4, -0.2) is 16.8 Å². The van der Waals surface area contributed by atoms with E-state index in [1.165, 1.54) is 72.9 Å². The fourth-order valence-electron chi connectivity index (χ4n) is 2.49. The smallest absolute Gasteiger partial charge is 0.206 e. The topological polar surface area (TPSA) is 77.5 Å². The molecule has 0 rings (SSSR count). The molecule has 0 bridgehead atoms. The van der Waals surface area contributed by atoms with E-state index in [1.807, 2.05) is 0 Å². The predicted octanol–water partition coefficient (Wildman–Crippen LogP) is 7.40. The lowest BCUT2D eigenvalue weighted by Gasteiger charge is -2.08. The van der Waals surface area contributed by atoms with Crippen LogP contribution in [-0.2, 0) is 24.4 Å². The Bertz CT molecular complexity index is 1380. The summed E-state index contributed by atoms with van der Waals surface area (Å²) in [5.74, 6) is 0.346. The molecule has 37 heavy (non-hydrogen) atoms. The maximum absolute atomic E-state index is 13.0. The van der Waals surface area contributed by atoms with Crippen LogP contribution in [0, 0.1) is 0 Å². The van der Waals surface area contributed by atoms with Crippen LogP contribution in [0.2, 0.25) is 0 Å². The van der Waals surface area contributed by atoms with Crippen LogP contribution in [0.5, 0.6) is 0 Å². The molecule has 0 saturated carbocycles. The first kappa shape index (κ1) is 33.1. The van der Waals surface area contributed by atoms with E-state index >= 15 is 0 Å². The van der Waals surface area contributed by atoms with Gasteiger partial charge in [0.2, 0.25) is 19.7 Å². The fourth-order valence-corrected chi connectivity index (χ4v) is 4.96. The molecule has 0 unspecified atom stereocenters. The Kier molecular flexibility index (Phi) is 14.2. The summed E-state index contributed by atoms with van der Waals surface area (Å²) in [7, 11) is -7.73. The average Bonchev–Trinajstić information content (AvgIpc) is 2.87. The highest BCUT2D eigenvalue weighted by molar-refractivity contribution is 7.99. The van der Waals surface area contributed by atoms with E-state index in [1.54, 1.807) is 26.0 Å². The van der Waals surface area contributed by atoms with E-state index in [4.69, 9.17) is 4.74 Å². The lowest BCUT2D eigenvalue weighted by molar-refractivity contribution is 0.337. The molecular weight excluding hydrogens is 504 g/mol. The van der Waals surface area contributed by atoms with Crippen molar-refractivity contribution in [3.63, 3.8) is 0 Å². The maximum atomic E-state index is 13.0. The van der Waals surface area contributed by atoms with Gasteiger partial charge in [0, 0.05) is 0 Å². The van der Waals surface area contributed by atoms with Gasteiger partial charge in [-0.3, -0.25) is 0 Å². The summed E-state index contributed by atoms with van der Waals surface area (Å²) in [6.45, 7) is 28.6. The normalized spacial score (nSPS) is 14.9. The standard InChI is InChI=1S/C30H34O5S2/c1-10-24(9)18-21-28(15-6)37(33,34)30(17-8)23-20-26(12-3)35-25(11-2)19-22-29(16-7)36(31,32)27(13-4)14-5/h10-23H,1-4,6-8H2,5,9H3/b24-18-,25-19+,26-20+,27-14+,28-21+,29-22+,30-23+. The zero-order chi connectivity index (χ0) is 28.6. The van der Waals surface area contributed by atoms with E-state index < -0.39 is 19.7 Å². The Labute approximate surface area is 222 Å². The molecular formula is C30H34O5S2. The fraction of sp³-hybridized carbons (Fsp3) is 0.0667. The molecule has 0 fully saturated rings. The SMILES string of the molecule is C=C/C(C)=C\C=C(/C=C)S(=O)(=O)/C(C=C)=C/C=C(\C=C)O/C(C=C)=C/C=C(\C=C)S(=O)(=O)/C(C=C)=C/C. The number of allylic oxidation sites excluding steroid dienone is 15. The molecule has 0 atom stereocenters. The van der Waals surface area contributed by atoms with Crippen LogP contribution in [0.1, 0.15) is 13.8 Å². The molecule has 0 amide bonds. The van der Waals surface area contributed by atoms with Crippen LogP contribution in [0.25, 0.3) is 0 Å². The van der Waals surface area contributed by atoms with Gasteiger partial charge in [0.25, 0.3) is 0 Å². The second-order valence-corrected chi connectivity index (χ2v) is 10.9. The average molecular weight is 539 g/mol. The van der Waals surface area contributed by atoms with E-state index in [-0.39, 0.29) is 31.1 Å². The van der Waals surface area contributed by atoms with Gasteiger partial charge in [0.1, 0.15) is 11.5 Å². The number of rotatable bonds is 16. The molecule has 0 heterocycles. The summed E-state index contributed by atoms with van der Waals surface area (Å²) in [6, 6.07) is 0. The predicted molar refractivity (Wildman–Crippen MR) is 158 cm³/mol. The van der Waals surface area contributed by atoms with Gasteiger partial charge in [-0.1, -0.05) is 94.2 Å².